The zero-order valence-electron chi connectivity index (χ0n) is 22.7. The molecule has 0 radical (unpaired) electrons. The summed E-state index contributed by atoms with van der Waals surface area (Å²) in [5.74, 6) is 2.54. The Balaban J connectivity index is 1.14. The predicted octanol–water partition coefficient (Wildman–Crippen LogP) is 5.29. The van der Waals surface area contributed by atoms with Crippen molar-refractivity contribution in [3.63, 3.8) is 0 Å². The second kappa shape index (κ2) is 10.8. The number of nitrogens with zero attached hydrogens (tertiary/aromatic N) is 1. The van der Waals surface area contributed by atoms with Gasteiger partial charge in [0.05, 0.1) is 0 Å². The molecule has 4 bridgehead atoms. The predicted molar refractivity (Wildman–Crippen MR) is 145 cm³/mol. The third-order valence-electron chi connectivity index (χ3n) is 9.90. The molecule has 5 heteroatoms. The van der Waals surface area contributed by atoms with Gasteiger partial charge in [-0.2, -0.15) is 0 Å². The van der Waals surface area contributed by atoms with Crippen LogP contribution in [0.15, 0.2) is 24.3 Å². The van der Waals surface area contributed by atoms with Crippen molar-refractivity contribution in [3.8, 4) is 0 Å². The first-order valence-electron chi connectivity index (χ1n) is 14.8. The molecule has 1 aliphatic heterocycles. The maximum Gasteiger partial charge on any atom is 0.251 e. The summed E-state index contributed by atoms with van der Waals surface area (Å²) in [5, 5.41) is 6.10. The summed E-state index contributed by atoms with van der Waals surface area (Å²) in [4.78, 5) is 28.6. The summed E-state index contributed by atoms with van der Waals surface area (Å²) < 4.78 is 0. The molecular formula is C31H47N3O2. The standard InChI is InChI=1S/C31H47N3O2/c1-21(2)28(30(36)32-12-6-14-34-13-5-4-7-22(34)3)33-29(35)26-8-10-27(11-9-26)31-18-23-15-24(19-31)17-25(16-23)20-31/h8-11,21-25,28H,4-7,12-20H2,1-3H3,(H,32,36)(H,33,35)/t22-,23?,24?,25?,28-,31?/m0/s1. The maximum absolute atomic E-state index is 13.1. The highest BCUT2D eigenvalue weighted by atomic mass is 16.2. The van der Waals surface area contributed by atoms with Crippen molar-refractivity contribution in [1.82, 2.24) is 15.5 Å². The highest BCUT2D eigenvalue weighted by molar-refractivity contribution is 5.97. The van der Waals surface area contributed by atoms with E-state index in [9.17, 15) is 9.59 Å². The third-order valence-corrected chi connectivity index (χ3v) is 9.90. The van der Waals surface area contributed by atoms with Gasteiger partial charge in [0, 0.05) is 24.7 Å². The number of carbonyl (C=O) groups excluding carboxylic acids is 2. The summed E-state index contributed by atoms with van der Waals surface area (Å²) >= 11 is 0. The molecule has 0 aromatic heterocycles. The highest BCUT2D eigenvalue weighted by Crippen LogP contribution is 2.60. The van der Waals surface area contributed by atoms with Gasteiger partial charge in [0.1, 0.15) is 6.04 Å². The highest BCUT2D eigenvalue weighted by Gasteiger charge is 2.51. The average Bonchev–Trinajstić information content (AvgIpc) is 2.85. The van der Waals surface area contributed by atoms with E-state index in [-0.39, 0.29) is 17.7 Å². The minimum atomic E-state index is -0.519. The lowest BCUT2D eigenvalue weighted by atomic mass is 9.48. The Hall–Kier alpha value is -1.88. The van der Waals surface area contributed by atoms with Crippen molar-refractivity contribution < 1.29 is 9.59 Å². The van der Waals surface area contributed by atoms with Gasteiger partial charge < -0.3 is 15.5 Å². The molecule has 1 aromatic rings. The Kier molecular flexibility index (Phi) is 7.76. The van der Waals surface area contributed by atoms with Gasteiger partial charge in [0.15, 0.2) is 0 Å². The monoisotopic (exact) mass is 493 g/mol. The molecule has 2 N–H and O–H groups in total. The number of rotatable bonds is 9. The SMILES string of the molecule is CC(C)[C@H](NC(=O)c1ccc(C23CC4CC(CC(C4)C2)C3)cc1)C(=O)NCCCN1CCCC[C@@H]1C. The second-order valence-electron chi connectivity index (χ2n) is 13.0. The van der Waals surface area contributed by atoms with Crippen molar-refractivity contribution in [3.05, 3.63) is 35.4 Å². The number of hydrogen-bond donors (Lipinski definition) is 2. The van der Waals surface area contributed by atoms with Gasteiger partial charge in [-0.3, -0.25) is 9.59 Å². The molecule has 6 rings (SSSR count). The molecule has 36 heavy (non-hydrogen) atoms. The lowest BCUT2D eigenvalue weighted by Gasteiger charge is -2.57. The van der Waals surface area contributed by atoms with Crippen LogP contribution in [0.2, 0.25) is 0 Å². The molecule has 4 aliphatic carbocycles. The summed E-state index contributed by atoms with van der Waals surface area (Å²) in [6.07, 6.45) is 13.1. The Morgan fingerprint density at radius 1 is 1.00 bits per heavy atom. The lowest BCUT2D eigenvalue weighted by Crippen LogP contribution is -2.50. The van der Waals surface area contributed by atoms with Crippen LogP contribution < -0.4 is 10.6 Å². The van der Waals surface area contributed by atoms with Gasteiger partial charge in [-0.25, -0.2) is 0 Å². The van der Waals surface area contributed by atoms with Crippen LogP contribution in [0.1, 0.15) is 101 Å². The summed E-state index contributed by atoms with van der Waals surface area (Å²) in [6.45, 7) is 9.14. The molecule has 5 fully saturated rings. The fourth-order valence-corrected chi connectivity index (χ4v) is 8.29. The third kappa shape index (κ3) is 5.51. The lowest BCUT2D eigenvalue weighted by molar-refractivity contribution is -0.123. The fraction of sp³-hybridized carbons (Fsp3) is 0.742. The van der Waals surface area contributed by atoms with E-state index < -0.39 is 6.04 Å². The minimum Gasteiger partial charge on any atom is -0.354 e. The summed E-state index contributed by atoms with van der Waals surface area (Å²) in [7, 11) is 0. The van der Waals surface area contributed by atoms with Crippen molar-refractivity contribution in [1.29, 1.82) is 0 Å². The first-order chi connectivity index (χ1) is 17.3. The van der Waals surface area contributed by atoms with Gasteiger partial charge in [-0.1, -0.05) is 32.4 Å². The van der Waals surface area contributed by atoms with E-state index in [1.54, 1.807) is 0 Å². The van der Waals surface area contributed by atoms with Crippen LogP contribution in [0.3, 0.4) is 0 Å². The molecule has 5 aliphatic rings. The average molecular weight is 494 g/mol. The topological polar surface area (TPSA) is 61.4 Å². The number of benzene rings is 1. The van der Waals surface area contributed by atoms with Gasteiger partial charge in [0.25, 0.3) is 5.91 Å². The van der Waals surface area contributed by atoms with Gasteiger partial charge in [-0.15, -0.1) is 0 Å². The quantitative estimate of drug-likeness (QED) is 0.460. The molecule has 2 amide bonds. The van der Waals surface area contributed by atoms with Gasteiger partial charge in [-0.05, 0) is 118 Å². The largest absolute Gasteiger partial charge is 0.354 e. The summed E-state index contributed by atoms with van der Waals surface area (Å²) in [5.41, 5.74) is 2.43. The Morgan fingerprint density at radius 2 is 1.64 bits per heavy atom. The number of piperidine rings is 1. The molecule has 5 nitrogen and oxygen atoms in total. The Labute approximate surface area is 218 Å². The van der Waals surface area contributed by atoms with Gasteiger partial charge in [0.2, 0.25) is 5.91 Å². The molecule has 0 spiro atoms. The number of nitrogens with one attached hydrogen (secondary N) is 2. The zero-order chi connectivity index (χ0) is 25.3. The number of likely N-dealkylation sites (tertiary alicyclic amines) is 1. The molecule has 1 heterocycles. The second-order valence-corrected chi connectivity index (χ2v) is 13.0. The first kappa shape index (κ1) is 25.8. The van der Waals surface area contributed by atoms with E-state index in [1.165, 1.54) is 69.9 Å². The van der Waals surface area contributed by atoms with E-state index >= 15 is 0 Å². The van der Waals surface area contributed by atoms with Crippen molar-refractivity contribution in [2.24, 2.45) is 23.7 Å². The molecule has 1 saturated heterocycles. The van der Waals surface area contributed by atoms with Crippen LogP contribution in [0, 0.1) is 23.7 Å². The number of amides is 2. The Bertz CT molecular complexity index is 889. The molecule has 4 saturated carbocycles. The summed E-state index contributed by atoms with van der Waals surface area (Å²) in [6, 6.07) is 8.50. The smallest absolute Gasteiger partial charge is 0.251 e. The van der Waals surface area contributed by atoms with Crippen molar-refractivity contribution in [2.45, 2.75) is 102 Å². The van der Waals surface area contributed by atoms with E-state index in [1.807, 2.05) is 26.0 Å². The molecular weight excluding hydrogens is 446 g/mol. The van der Waals surface area contributed by atoms with Crippen molar-refractivity contribution >= 4 is 11.8 Å². The van der Waals surface area contributed by atoms with Crippen LogP contribution in [0.25, 0.3) is 0 Å². The minimum absolute atomic E-state index is 0.0300. The van der Waals surface area contributed by atoms with E-state index in [0.717, 1.165) is 30.7 Å². The zero-order valence-corrected chi connectivity index (χ0v) is 22.7. The number of hydrogen-bond acceptors (Lipinski definition) is 3. The van der Waals surface area contributed by atoms with Gasteiger partial charge >= 0.3 is 0 Å². The molecule has 0 unspecified atom stereocenters. The van der Waals surface area contributed by atoms with E-state index in [4.69, 9.17) is 0 Å². The maximum atomic E-state index is 13.1. The van der Waals surface area contributed by atoms with Crippen molar-refractivity contribution in [2.75, 3.05) is 19.6 Å². The molecule has 2 atom stereocenters. The molecule has 1 aromatic carbocycles. The normalized spacial score (nSPS) is 32.4. The van der Waals surface area contributed by atoms with E-state index in [0.29, 0.717) is 23.6 Å². The molecule has 198 valence electrons. The van der Waals surface area contributed by atoms with Crippen LogP contribution in [0.5, 0.6) is 0 Å². The van der Waals surface area contributed by atoms with Crippen LogP contribution in [0.4, 0.5) is 0 Å². The Morgan fingerprint density at radius 3 is 2.22 bits per heavy atom. The van der Waals surface area contributed by atoms with E-state index in [2.05, 4.69) is 34.6 Å². The van der Waals surface area contributed by atoms with Crippen LogP contribution in [-0.4, -0.2) is 48.4 Å². The fourth-order valence-electron chi connectivity index (χ4n) is 8.29. The van der Waals surface area contributed by atoms with Crippen LogP contribution >= 0.6 is 0 Å². The van der Waals surface area contributed by atoms with Crippen LogP contribution in [-0.2, 0) is 10.2 Å². The number of carbonyl (C=O) groups is 2. The first-order valence-corrected chi connectivity index (χ1v) is 14.8.